The van der Waals surface area contributed by atoms with Gasteiger partial charge in [-0.3, -0.25) is 9.59 Å². The van der Waals surface area contributed by atoms with Crippen LogP contribution < -0.4 is 21.1 Å². The second-order valence-corrected chi connectivity index (χ2v) is 8.98. The smallest absolute Gasteiger partial charge is 0.387 e. The normalized spacial score (nSPS) is 18.7. The molecule has 1 atom stereocenters. The van der Waals surface area contributed by atoms with Crippen LogP contribution in [0.1, 0.15) is 61.5 Å². The molecular formula is C25H30F2N6O3. The van der Waals surface area contributed by atoms with Gasteiger partial charge in [-0.1, -0.05) is 12.1 Å². The number of carbonyl (C=O) groups excluding carboxylic acids is 2. The van der Waals surface area contributed by atoms with Crippen LogP contribution in [0, 0.1) is 5.92 Å². The molecule has 0 saturated heterocycles. The van der Waals surface area contributed by atoms with Gasteiger partial charge in [0.2, 0.25) is 5.91 Å². The number of nitrogens with one attached hydrogen (secondary N) is 2. The lowest BCUT2D eigenvalue weighted by Gasteiger charge is -2.29. The Kier molecular flexibility index (Phi) is 7.66. The van der Waals surface area contributed by atoms with Gasteiger partial charge >= 0.3 is 6.61 Å². The lowest BCUT2D eigenvalue weighted by Crippen LogP contribution is -2.33. The molecule has 1 saturated carbocycles. The molecule has 1 unspecified atom stereocenters. The molecule has 0 aliphatic heterocycles. The lowest BCUT2D eigenvalue weighted by atomic mass is 9.85. The quantitative estimate of drug-likeness (QED) is 0.408. The third-order valence-electron chi connectivity index (χ3n) is 6.64. The minimum Gasteiger partial charge on any atom is -0.435 e. The summed E-state index contributed by atoms with van der Waals surface area (Å²) in [6.45, 7) is 1.50. The highest BCUT2D eigenvalue weighted by atomic mass is 19.3. The molecule has 11 heteroatoms. The maximum absolute atomic E-state index is 13.4. The number of rotatable bonds is 9. The number of hydrogen-bond acceptors (Lipinski definition) is 6. The summed E-state index contributed by atoms with van der Waals surface area (Å²) >= 11 is 0. The van der Waals surface area contributed by atoms with Crippen molar-refractivity contribution in [2.45, 2.75) is 64.8 Å². The summed E-state index contributed by atoms with van der Waals surface area (Å²) < 4.78 is 31.0. The highest BCUT2D eigenvalue weighted by Gasteiger charge is 2.27. The predicted octanol–water partition coefficient (Wildman–Crippen LogP) is 4.00. The first-order valence-corrected chi connectivity index (χ1v) is 12.0. The summed E-state index contributed by atoms with van der Waals surface area (Å²) in [6.07, 6.45) is 6.13. The van der Waals surface area contributed by atoms with E-state index in [1.54, 1.807) is 29.9 Å². The molecule has 1 aliphatic rings. The average molecular weight is 501 g/mol. The molecule has 4 rings (SSSR count). The van der Waals surface area contributed by atoms with Crippen LogP contribution in [0.5, 0.6) is 5.75 Å². The highest BCUT2D eigenvalue weighted by molar-refractivity contribution is 6.06. The minimum absolute atomic E-state index is 0.0485. The van der Waals surface area contributed by atoms with E-state index in [4.69, 9.17) is 5.73 Å². The van der Waals surface area contributed by atoms with Crippen molar-refractivity contribution in [1.29, 1.82) is 0 Å². The summed E-state index contributed by atoms with van der Waals surface area (Å²) in [5.74, 6) is -0.675. The van der Waals surface area contributed by atoms with Gasteiger partial charge in [-0.25, -0.2) is 9.67 Å². The number of anilines is 1. The number of alkyl halides is 2. The number of nitrogens with two attached hydrogens (primary N) is 1. The molecule has 3 aromatic rings. The Morgan fingerprint density at radius 1 is 1.17 bits per heavy atom. The van der Waals surface area contributed by atoms with Crippen LogP contribution in [0.3, 0.4) is 0 Å². The van der Waals surface area contributed by atoms with Crippen molar-refractivity contribution in [3.05, 3.63) is 47.8 Å². The fourth-order valence-electron chi connectivity index (χ4n) is 4.61. The Morgan fingerprint density at radius 3 is 2.47 bits per heavy atom. The van der Waals surface area contributed by atoms with E-state index in [-0.39, 0.29) is 29.5 Å². The summed E-state index contributed by atoms with van der Waals surface area (Å²) in [5, 5.41) is 11.6. The number of amides is 2. The number of ether oxygens (including phenoxy) is 1. The van der Waals surface area contributed by atoms with Crippen LogP contribution in [0.15, 0.2) is 36.7 Å². The van der Waals surface area contributed by atoms with Crippen LogP contribution in [0.4, 0.5) is 14.5 Å². The van der Waals surface area contributed by atoms with Gasteiger partial charge in [-0.2, -0.15) is 13.9 Å². The zero-order chi connectivity index (χ0) is 25.8. The number of carbonyl (C=O) groups is 2. The molecule has 0 bridgehead atoms. The van der Waals surface area contributed by atoms with E-state index in [1.165, 1.54) is 18.3 Å². The zero-order valence-electron chi connectivity index (χ0n) is 20.2. The highest BCUT2D eigenvalue weighted by Crippen LogP contribution is 2.32. The molecule has 1 aliphatic carbocycles. The maximum atomic E-state index is 13.4. The minimum atomic E-state index is -2.90. The third kappa shape index (κ3) is 5.55. The monoisotopic (exact) mass is 500 g/mol. The number of aromatic nitrogens is 3. The zero-order valence-corrected chi connectivity index (χ0v) is 20.2. The van der Waals surface area contributed by atoms with E-state index >= 15 is 0 Å². The Bertz CT molecular complexity index is 1220. The average Bonchev–Trinajstić information content (AvgIpc) is 3.28. The SMILES string of the molecule is CCn1ncc2c(NC3CCC(C(N)=O)CC3)c(C(=O)NC(C)c3ccc(OC(F)F)cc3)cnc21. The van der Waals surface area contributed by atoms with E-state index < -0.39 is 12.7 Å². The van der Waals surface area contributed by atoms with Crippen LogP contribution >= 0.6 is 0 Å². The van der Waals surface area contributed by atoms with E-state index in [9.17, 15) is 18.4 Å². The number of nitrogens with zero attached hydrogens (tertiary/aromatic N) is 3. The van der Waals surface area contributed by atoms with Crippen LogP contribution in [-0.4, -0.2) is 39.2 Å². The van der Waals surface area contributed by atoms with Gasteiger partial charge in [0, 0.05) is 24.7 Å². The number of benzene rings is 1. The Labute approximate surface area is 207 Å². The van der Waals surface area contributed by atoms with Crippen molar-refractivity contribution in [2.75, 3.05) is 5.32 Å². The van der Waals surface area contributed by atoms with E-state index in [0.29, 0.717) is 36.3 Å². The molecule has 36 heavy (non-hydrogen) atoms. The van der Waals surface area contributed by atoms with E-state index in [2.05, 4.69) is 25.5 Å². The second-order valence-electron chi connectivity index (χ2n) is 8.98. The molecule has 9 nitrogen and oxygen atoms in total. The van der Waals surface area contributed by atoms with Crippen molar-refractivity contribution in [3.8, 4) is 5.75 Å². The van der Waals surface area contributed by atoms with Crippen molar-refractivity contribution >= 4 is 28.5 Å². The maximum Gasteiger partial charge on any atom is 0.387 e. The summed E-state index contributed by atoms with van der Waals surface area (Å²) in [5.41, 5.74) is 7.90. The number of pyridine rings is 1. The Hall–Kier alpha value is -3.76. The van der Waals surface area contributed by atoms with Gasteiger partial charge in [0.15, 0.2) is 5.65 Å². The molecule has 4 N–H and O–H groups in total. The van der Waals surface area contributed by atoms with Gasteiger partial charge in [0.25, 0.3) is 5.91 Å². The van der Waals surface area contributed by atoms with Crippen molar-refractivity contribution < 1.29 is 23.1 Å². The molecule has 1 fully saturated rings. The van der Waals surface area contributed by atoms with Crippen molar-refractivity contribution in [2.24, 2.45) is 11.7 Å². The number of hydrogen-bond donors (Lipinski definition) is 3. The fraction of sp³-hybridized carbons (Fsp3) is 0.440. The van der Waals surface area contributed by atoms with Crippen molar-refractivity contribution in [1.82, 2.24) is 20.1 Å². The van der Waals surface area contributed by atoms with Gasteiger partial charge in [0.1, 0.15) is 5.75 Å². The molecule has 2 amide bonds. The molecule has 192 valence electrons. The molecule has 0 spiro atoms. The van der Waals surface area contributed by atoms with Crippen LogP contribution in [-0.2, 0) is 11.3 Å². The van der Waals surface area contributed by atoms with Gasteiger partial charge in [0.05, 0.1) is 28.9 Å². The molecular weight excluding hydrogens is 470 g/mol. The van der Waals surface area contributed by atoms with Gasteiger partial charge in [-0.05, 0) is 57.2 Å². The van der Waals surface area contributed by atoms with Crippen LogP contribution in [0.2, 0.25) is 0 Å². The molecule has 0 radical (unpaired) electrons. The number of aryl methyl sites for hydroxylation is 1. The fourth-order valence-corrected chi connectivity index (χ4v) is 4.61. The van der Waals surface area contributed by atoms with Gasteiger partial charge in [-0.15, -0.1) is 0 Å². The van der Waals surface area contributed by atoms with Crippen molar-refractivity contribution in [3.63, 3.8) is 0 Å². The number of fused-ring (bicyclic) bond motifs is 1. The summed E-state index contributed by atoms with van der Waals surface area (Å²) in [6, 6.07) is 5.81. The summed E-state index contributed by atoms with van der Waals surface area (Å²) in [7, 11) is 0. The molecule has 2 aromatic heterocycles. The Balaban J connectivity index is 1.56. The number of primary amides is 1. The third-order valence-corrected chi connectivity index (χ3v) is 6.64. The standard InChI is InChI=1S/C25H30F2N6O3/c1-3-33-23-19(13-30-33)21(32-17-8-4-16(5-9-17)22(28)34)20(12-29-23)24(35)31-14(2)15-6-10-18(11-7-15)36-25(26)27/h6-7,10-14,16-17,25H,3-5,8-9H2,1-2H3,(H2,28,34)(H,29,32)(H,31,35). The lowest BCUT2D eigenvalue weighted by molar-refractivity contribution is -0.122. The Morgan fingerprint density at radius 2 is 1.86 bits per heavy atom. The first kappa shape index (κ1) is 25.3. The second kappa shape index (κ2) is 10.9. The predicted molar refractivity (Wildman–Crippen MR) is 131 cm³/mol. The van der Waals surface area contributed by atoms with Crippen LogP contribution in [0.25, 0.3) is 11.0 Å². The first-order valence-electron chi connectivity index (χ1n) is 12.0. The topological polar surface area (TPSA) is 124 Å². The first-order chi connectivity index (χ1) is 17.3. The molecule has 1 aromatic carbocycles. The van der Waals surface area contributed by atoms with E-state index in [1.807, 2.05) is 6.92 Å². The summed E-state index contributed by atoms with van der Waals surface area (Å²) in [4.78, 5) is 29.4. The number of halogens is 2. The van der Waals surface area contributed by atoms with E-state index in [0.717, 1.165) is 23.8 Å². The largest absolute Gasteiger partial charge is 0.435 e. The molecule has 2 heterocycles. The van der Waals surface area contributed by atoms with Gasteiger partial charge < -0.3 is 21.1 Å².